The summed E-state index contributed by atoms with van der Waals surface area (Å²) in [6, 6.07) is 16.7. The van der Waals surface area contributed by atoms with Crippen molar-refractivity contribution in [3.05, 3.63) is 77.9 Å². The zero-order chi connectivity index (χ0) is 19.2. The Morgan fingerprint density at radius 1 is 1.15 bits per heavy atom. The molecule has 1 fully saturated rings. The highest BCUT2D eigenvalue weighted by atomic mass is 16.8. The first-order valence-corrected chi connectivity index (χ1v) is 8.63. The zero-order valence-corrected chi connectivity index (χ0v) is 14.8. The van der Waals surface area contributed by atoms with Gasteiger partial charge in [0.2, 0.25) is 0 Å². The lowest BCUT2D eigenvalue weighted by Crippen LogP contribution is -2.40. The van der Waals surface area contributed by atoms with E-state index in [1.54, 1.807) is 25.2 Å². The van der Waals surface area contributed by atoms with Gasteiger partial charge in [-0.05, 0) is 11.6 Å². The Morgan fingerprint density at radius 3 is 2.52 bits per heavy atom. The number of ether oxygens (including phenoxy) is 2. The maximum atomic E-state index is 13.0. The van der Waals surface area contributed by atoms with Gasteiger partial charge < -0.3 is 19.5 Å². The second kappa shape index (κ2) is 6.33. The van der Waals surface area contributed by atoms with Crippen LogP contribution >= 0.6 is 0 Å². The van der Waals surface area contributed by atoms with E-state index in [-0.39, 0.29) is 11.5 Å². The number of fused-ring (bicyclic) bond motifs is 2. The standard InChI is InChI=1S/C21H19NO5/c1-13(19(23)24)18-17(12-14-8-4-3-5-9-14)26-21(27-18)15-10-6-7-11-16(15)22(2)20(21)25/h3-11,17-18H,1,12H2,2H3,(H,23,24)/t17?,18-,21+/m1/s1. The number of hydrogen-bond donors (Lipinski definition) is 1. The average molecular weight is 365 g/mol. The predicted molar refractivity (Wildman–Crippen MR) is 98.2 cm³/mol. The van der Waals surface area contributed by atoms with E-state index in [4.69, 9.17) is 9.47 Å². The maximum Gasteiger partial charge on any atom is 0.333 e. The Kier molecular flexibility index (Phi) is 4.09. The van der Waals surface area contributed by atoms with E-state index in [9.17, 15) is 14.7 Å². The third-order valence-electron chi connectivity index (χ3n) is 5.05. The SMILES string of the molecule is C=C(C(=O)O)[C@H]1O[C@]2(OC1Cc1ccccc1)C(=O)N(C)c1ccccc12. The number of likely N-dealkylation sites (N-methyl/N-ethyl adjacent to an activating group) is 1. The first-order chi connectivity index (χ1) is 12.9. The van der Waals surface area contributed by atoms with Crippen LogP contribution in [0.25, 0.3) is 0 Å². The van der Waals surface area contributed by atoms with Crippen LogP contribution in [-0.4, -0.2) is 36.2 Å². The van der Waals surface area contributed by atoms with Crippen LogP contribution in [0.4, 0.5) is 5.69 Å². The Hall–Kier alpha value is -2.96. The molecule has 0 radical (unpaired) electrons. The largest absolute Gasteiger partial charge is 0.478 e. The number of nitrogens with zero attached hydrogens (tertiary/aromatic N) is 1. The number of rotatable bonds is 4. The number of carboxylic acid groups (broad SMARTS) is 1. The molecular formula is C21H19NO5. The average Bonchev–Trinajstić information content (AvgIpc) is 3.15. The second-order valence-electron chi connectivity index (χ2n) is 6.71. The van der Waals surface area contributed by atoms with Crippen molar-refractivity contribution in [1.82, 2.24) is 0 Å². The summed E-state index contributed by atoms with van der Waals surface area (Å²) in [5.41, 5.74) is 2.09. The second-order valence-corrected chi connectivity index (χ2v) is 6.71. The van der Waals surface area contributed by atoms with Gasteiger partial charge in [0.25, 0.3) is 11.7 Å². The number of para-hydroxylation sites is 1. The van der Waals surface area contributed by atoms with Gasteiger partial charge in [-0.3, -0.25) is 4.79 Å². The van der Waals surface area contributed by atoms with Crippen LogP contribution in [0.2, 0.25) is 0 Å². The van der Waals surface area contributed by atoms with Gasteiger partial charge in [0, 0.05) is 19.0 Å². The molecule has 1 amide bonds. The van der Waals surface area contributed by atoms with Crippen LogP contribution < -0.4 is 4.90 Å². The van der Waals surface area contributed by atoms with Gasteiger partial charge in [0.05, 0.1) is 17.4 Å². The minimum Gasteiger partial charge on any atom is -0.478 e. The van der Waals surface area contributed by atoms with Gasteiger partial charge in [-0.2, -0.15) is 0 Å². The van der Waals surface area contributed by atoms with E-state index in [2.05, 4.69) is 6.58 Å². The van der Waals surface area contributed by atoms with Crippen molar-refractivity contribution >= 4 is 17.6 Å². The van der Waals surface area contributed by atoms with Crippen molar-refractivity contribution < 1.29 is 24.2 Å². The molecule has 2 aromatic rings. The molecule has 1 unspecified atom stereocenters. The van der Waals surface area contributed by atoms with Crippen molar-refractivity contribution in [3.63, 3.8) is 0 Å². The molecule has 0 saturated carbocycles. The highest BCUT2D eigenvalue weighted by Crippen LogP contribution is 2.49. The molecule has 27 heavy (non-hydrogen) atoms. The molecule has 1 N–H and O–H groups in total. The van der Waals surface area contributed by atoms with Crippen molar-refractivity contribution in [2.75, 3.05) is 11.9 Å². The Morgan fingerprint density at radius 2 is 1.81 bits per heavy atom. The molecule has 4 rings (SSSR count). The molecule has 6 nitrogen and oxygen atoms in total. The lowest BCUT2D eigenvalue weighted by atomic mass is 9.99. The number of aliphatic carboxylic acids is 1. The van der Waals surface area contributed by atoms with Gasteiger partial charge in [0.1, 0.15) is 6.10 Å². The van der Waals surface area contributed by atoms with Gasteiger partial charge in [-0.15, -0.1) is 0 Å². The van der Waals surface area contributed by atoms with E-state index in [0.717, 1.165) is 5.56 Å². The maximum absolute atomic E-state index is 13.0. The molecule has 2 aliphatic heterocycles. The summed E-state index contributed by atoms with van der Waals surface area (Å²) < 4.78 is 12.2. The summed E-state index contributed by atoms with van der Waals surface area (Å²) in [4.78, 5) is 26.0. The molecule has 0 aliphatic carbocycles. The van der Waals surface area contributed by atoms with E-state index >= 15 is 0 Å². The monoisotopic (exact) mass is 365 g/mol. The van der Waals surface area contributed by atoms with E-state index < -0.39 is 24.0 Å². The van der Waals surface area contributed by atoms with Crippen LogP contribution in [0.15, 0.2) is 66.7 Å². The van der Waals surface area contributed by atoms with Crippen LogP contribution in [-0.2, 0) is 31.3 Å². The minimum absolute atomic E-state index is 0.132. The number of carbonyl (C=O) groups excluding carboxylic acids is 1. The lowest BCUT2D eigenvalue weighted by Gasteiger charge is -2.21. The fourth-order valence-electron chi connectivity index (χ4n) is 3.69. The van der Waals surface area contributed by atoms with Gasteiger partial charge in [-0.25, -0.2) is 4.79 Å². The van der Waals surface area contributed by atoms with Crippen molar-refractivity contribution in [3.8, 4) is 0 Å². The van der Waals surface area contributed by atoms with Crippen molar-refractivity contribution in [2.24, 2.45) is 0 Å². The molecule has 0 aromatic heterocycles. The molecule has 0 bridgehead atoms. The summed E-state index contributed by atoms with van der Waals surface area (Å²) in [6.07, 6.45) is -1.19. The van der Waals surface area contributed by atoms with Gasteiger partial charge >= 0.3 is 5.97 Å². The van der Waals surface area contributed by atoms with Crippen LogP contribution in [0.1, 0.15) is 11.1 Å². The summed E-state index contributed by atoms with van der Waals surface area (Å²) in [5.74, 6) is -3.19. The minimum atomic E-state index is -1.64. The molecule has 1 spiro atoms. The van der Waals surface area contributed by atoms with E-state index in [1.165, 1.54) is 4.90 Å². The highest BCUT2D eigenvalue weighted by molar-refractivity contribution is 6.06. The summed E-state index contributed by atoms with van der Waals surface area (Å²) in [6.45, 7) is 3.65. The number of amides is 1. The smallest absolute Gasteiger partial charge is 0.333 e. The summed E-state index contributed by atoms with van der Waals surface area (Å²) in [7, 11) is 1.65. The predicted octanol–water partition coefficient (Wildman–Crippen LogP) is 2.48. The van der Waals surface area contributed by atoms with Gasteiger partial charge in [-0.1, -0.05) is 55.1 Å². The van der Waals surface area contributed by atoms with Crippen molar-refractivity contribution in [1.29, 1.82) is 0 Å². The zero-order valence-electron chi connectivity index (χ0n) is 14.8. The molecule has 2 aliphatic rings. The number of carbonyl (C=O) groups is 2. The molecule has 6 heteroatoms. The first-order valence-electron chi connectivity index (χ1n) is 8.63. The molecule has 1 saturated heterocycles. The number of benzene rings is 2. The highest BCUT2D eigenvalue weighted by Gasteiger charge is 2.61. The quantitative estimate of drug-likeness (QED) is 0.843. The molecule has 3 atom stereocenters. The normalized spacial score (nSPS) is 26.4. The van der Waals surface area contributed by atoms with Gasteiger partial charge in [0.15, 0.2) is 0 Å². The Balaban J connectivity index is 1.75. The van der Waals surface area contributed by atoms with Crippen LogP contribution in [0.3, 0.4) is 0 Å². The molecular weight excluding hydrogens is 346 g/mol. The number of anilines is 1. The topological polar surface area (TPSA) is 76.1 Å². The molecule has 2 aromatic carbocycles. The summed E-state index contributed by atoms with van der Waals surface area (Å²) >= 11 is 0. The fourth-order valence-corrected chi connectivity index (χ4v) is 3.69. The number of carboxylic acids is 1. The van der Waals surface area contributed by atoms with Crippen molar-refractivity contribution in [2.45, 2.75) is 24.4 Å². The summed E-state index contributed by atoms with van der Waals surface area (Å²) in [5, 5.41) is 9.44. The third-order valence-corrected chi connectivity index (χ3v) is 5.05. The fraction of sp³-hybridized carbons (Fsp3) is 0.238. The molecule has 2 heterocycles. The van der Waals surface area contributed by atoms with Crippen LogP contribution in [0.5, 0.6) is 0 Å². The Labute approximate surface area is 156 Å². The third kappa shape index (κ3) is 2.65. The first kappa shape index (κ1) is 17.5. The lowest BCUT2D eigenvalue weighted by molar-refractivity contribution is -0.189. The Bertz CT molecular complexity index is 925. The molecule has 138 valence electrons. The van der Waals surface area contributed by atoms with Crippen LogP contribution in [0, 0.1) is 0 Å². The van der Waals surface area contributed by atoms with E-state index in [1.807, 2.05) is 36.4 Å². The van der Waals surface area contributed by atoms with E-state index in [0.29, 0.717) is 17.7 Å². The number of hydrogen-bond acceptors (Lipinski definition) is 4.